The molecule has 0 unspecified atom stereocenters. The number of hydrogen-bond acceptors (Lipinski definition) is 3. The summed E-state index contributed by atoms with van der Waals surface area (Å²) in [5.41, 5.74) is 0. The van der Waals surface area contributed by atoms with Crippen LogP contribution in [-0.2, 0) is 0 Å². The predicted molar refractivity (Wildman–Crippen MR) is 49.3 cm³/mol. The van der Waals surface area contributed by atoms with E-state index in [-0.39, 0.29) is 0 Å². The van der Waals surface area contributed by atoms with Gasteiger partial charge in [-0.15, -0.1) is 0 Å². The number of nitrogens with zero attached hydrogens (tertiary/aromatic N) is 2. The molecule has 1 heterocycles. The minimum atomic E-state index is 0.814. The molecule has 0 radical (unpaired) electrons. The highest BCUT2D eigenvalue weighted by molar-refractivity contribution is 4.70. The van der Waals surface area contributed by atoms with Gasteiger partial charge in [-0.3, -0.25) is 0 Å². The molecule has 3 heteroatoms. The van der Waals surface area contributed by atoms with Crippen LogP contribution in [0.2, 0.25) is 0 Å². The highest BCUT2D eigenvalue weighted by Gasteiger charge is 2.16. The highest BCUT2D eigenvalue weighted by Crippen LogP contribution is 2.19. The van der Waals surface area contributed by atoms with E-state index in [9.17, 15) is 0 Å². The minimum Gasteiger partial charge on any atom is -0.314 e. The summed E-state index contributed by atoms with van der Waals surface area (Å²) in [5.74, 6) is 0.829. The van der Waals surface area contributed by atoms with Gasteiger partial charge < -0.3 is 10.1 Å². The number of likely N-dealkylation sites (tertiary alicyclic amines) is 1. The molecule has 0 atom stereocenters. The Balaban J connectivity index is 2.09. The van der Waals surface area contributed by atoms with Gasteiger partial charge in [0.1, 0.15) is 0 Å². The number of hydroxylamine groups is 2. The third-order valence-corrected chi connectivity index (χ3v) is 2.70. The van der Waals surface area contributed by atoms with Gasteiger partial charge in [-0.25, -0.2) is 0 Å². The van der Waals surface area contributed by atoms with Gasteiger partial charge in [0.15, 0.2) is 0 Å². The first-order valence-corrected chi connectivity index (χ1v) is 4.77. The van der Waals surface area contributed by atoms with E-state index in [1.807, 2.05) is 0 Å². The van der Waals surface area contributed by atoms with Gasteiger partial charge in [-0.1, -0.05) is 0 Å². The summed E-state index contributed by atoms with van der Waals surface area (Å²) in [7, 11) is 3.89. The van der Waals surface area contributed by atoms with Crippen LogP contribution in [0.5, 0.6) is 0 Å². The SMILES string of the molecule is CN(O)CCC1CCN(C)CC1. The first kappa shape index (κ1) is 9.96. The third-order valence-electron chi connectivity index (χ3n) is 2.70. The van der Waals surface area contributed by atoms with E-state index in [2.05, 4.69) is 11.9 Å². The molecule has 12 heavy (non-hydrogen) atoms. The highest BCUT2D eigenvalue weighted by atomic mass is 16.5. The van der Waals surface area contributed by atoms with Crippen LogP contribution in [0.1, 0.15) is 19.3 Å². The maximum atomic E-state index is 8.96. The lowest BCUT2D eigenvalue weighted by atomic mass is 9.94. The molecule has 0 amide bonds. The number of hydrogen-bond donors (Lipinski definition) is 1. The average Bonchev–Trinajstić information content (AvgIpc) is 2.03. The molecule has 0 aromatic carbocycles. The Kier molecular flexibility index (Phi) is 3.98. The largest absolute Gasteiger partial charge is 0.314 e. The molecule has 1 aliphatic rings. The summed E-state index contributed by atoms with van der Waals surface area (Å²) in [6, 6.07) is 0. The number of rotatable bonds is 3. The first-order chi connectivity index (χ1) is 5.68. The zero-order valence-electron chi connectivity index (χ0n) is 8.16. The van der Waals surface area contributed by atoms with E-state index in [4.69, 9.17) is 5.21 Å². The lowest BCUT2D eigenvalue weighted by Gasteiger charge is -2.29. The first-order valence-electron chi connectivity index (χ1n) is 4.77. The van der Waals surface area contributed by atoms with Gasteiger partial charge in [-0.2, -0.15) is 5.06 Å². The lowest BCUT2D eigenvalue weighted by Crippen LogP contribution is -2.31. The molecule has 72 valence electrons. The van der Waals surface area contributed by atoms with Crippen LogP contribution in [0.3, 0.4) is 0 Å². The van der Waals surface area contributed by atoms with E-state index in [1.54, 1.807) is 7.05 Å². The second kappa shape index (κ2) is 4.80. The maximum absolute atomic E-state index is 8.96. The Morgan fingerprint density at radius 2 is 2.00 bits per heavy atom. The molecule has 0 saturated carbocycles. The Morgan fingerprint density at radius 1 is 1.42 bits per heavy atom. The van der Waals surface area contributed by atoms with Crippen molar-refractivity contribution < 1.29 is 5.21 Å². The zero-order chi connectivity index (χ0) is 8.97. The van der Waals surface area contributed by atoms with Crippen molar-refractivity contribution in [2.75, 3.05) is 33.7 Å². The van der Waals surface area contributed by atoms with Gasteiger partial charge in [0, 0.05) is 13.6 Å². The van der Waals surface area contributed by atoms with Crippen molar-refractivity contribution >= 4 is 0 Å². The summed E-state index contributed by atoms with van der Waals surface area (Å²) in [4.78, 5) is 2.37. The van der Waals surface area contributed by atoms with E-state index < -0.39 is 0 Å². The molecule has 0 bridgehead atoms. The van der Waals surface area contributed by atoms with Crippen LogP contribution in [0.15, 0.2) is 0 Å². The van der Waals surface area contributed by atoms with Crippen LogP contribution < -0.4 is 0 Å². The summed E-state index contributed by atoms with van der Waals surface area (Å²) in [6.45, 7) is 3.26. The normalized spacial score (nSPS) is 22.0. The summed E-state index contributed by atoms with van der Waals surface area (Å²) < 4.78 is 0. The number of piperidine rings is 1. The van der Waals surface area contributed by atoms with Crippen LogP contribution in [0, 0.1) is 5.92 Å². The molecule has 0 aromatic rings. The quantitative estimate of drug-likeness (QED) is 0.644. The Labute approximate surface area is 74.9 Å². The molecular formula is C9H20N2O. The summed E-state index contributed by atoms with van der Waals surface area (Å²) in [6.07, 6.45) is 3.73. The van der Waals surface area contributed by atoms with Crippen LogP contribution in [0.4, 0.5) is 0 Å². The molecule has 1 rings (SSSR count). The maximum Gasteiger partial charge on any atom is 0.0237 e. The van der Waals surface area contributed by atoms with E-state index in [0.29, 0.717) is 0 Å². The van der Waals surface area contributed by atoms with Crippen molar-refractivity contribution in [2.45, 2.75) is 19.3 Å². The molecule has 0 spiro atoms. The molecule has 1 saturated heterocycles. The van der Waals surface area contributed by atoms with Crippen molar-refractivity contribution in [3.8, 4) is 0 Å². The topological polar surface area (TPSA) is 26.7 Å². The fourth-order valence-corrected chi connectivity index (χ4v) is 1.72. The van der Waals surface area contributed by atoms with Crippen molar-refractivity contribution in [1.29, 1.82) is 0 Å². The smallest absolute Gasteiger partial charge is 0.0237 e. The monoisotopic (exact) mass is 172 g/mol. The average molecular weight is 172 g/mol. The molecule has 0 aliphatic carbocycles. The fraction of sp³-hybridized carbons (Fsp3) is 1.00. The van der Waals surface area contributed by atoms with Crippen LogP contribution >= 0.6 is 0 Å². The summed E-state index contributed by atoms with van der Waals surface area (Å²) in [5, 5.41) is 10.2. The Bertz CT molecular complexity index is 120. The predicted octanol–water partition coefficient (Wildman–Crippen LogP) is 1.04. The van der Waals surface area contributed by atoms with Gasteiger partial charge in [0.05, 0.1) is 0 Å². The third kappa shape index (κ3) is 3.52. The molecular weight excluding hydrogens is 152 g/mol. The van der Waals surface area contributed by atoms with E-state index >= 15 is 0 Å². The Hall–Kier alpha value is -0.120. The van der Waals surface area contributed by atoms with Gasteiger partial charge in [-0.05, 0) is 45.3 Å². The minimum absolute atomic E-state index is 0.814. The second-order valence-electron chi connectivity index (χ2n) is 3.92. The van der Waals surface area contributed by atoms with Crippen LogP contribution in [0.25, 0.3) is 0 Å². The van der Waals surface area contributed by atoms with Gasteiger partial charge >= 0.3 is 0 Å². The van der Waals surface area contributed by atoms with Gasteiger partial charge in [0.25, 0.3) is 0 Å². The molecule has 1 aliphatic heterocycles. The van der Waals surface area contributed by atoms with E-state index in [1.165, 1.54) is 31.0 Å². The van der Waals surface area contributed by atoms with Crippen LogP contribution in [-0.4, -0.2) is 48.9 Å². The van der Waals surface area contributed by atoms with Crippen molar-refractivity contribution in [3.63, 3.8) is 0 Å². The fourth-order valence-electron chi connectivity index (χ4n) is 1.72. The second-order valence-corrected chi connectivity index (χ2v) is 3.92. The van der Waals surface area contributed by atoms with Crippen molar-refractivity contribution in [1.82, 2.24) is 9.96 Å². The molecule has 0 aromatic heterocycles. The summed E-state index contributed by atoms with van der Waals surface area (Å²) >= 11 is 0. The standard InChI is InChI=1S/C9H20N2O/c1-10-6-3-9(4-7-10)5-8-11(2)12/h9,12H,3-8H2,1-2H3. The molecule has 3 nitrogen and oxygen atoms in total. The molecule has 1 N–H and O–H groups in total. The zero-order valence-corrected chi connectivity index (χ0v) is 8.16. The van der Waals surface area contributed by atoms with Crippen molar-refractivity contribution in [3.05, 3.63) is 0 Å². The lowest BCUT2D eigenvalue weighted by molar-refractivity contribution is -0.0692. The van der Waals surface area contributed by atoms with Gasteiger partial charge in [0.2, 0.25) is 0 Å². The van der Waals surface area contributed by atoms with Crippen molar-refractivity contribution in [2.24, 2.45) is 5.92 Å². The van der Waals surface area contributed by atoms with E-state index in [0.717, 1.165) is 18.9 Å². The Morgan fingerprint density at radius 3 is 2.50 bits per heavy atom. The molecule has 1 fully saturated rings.